The van der Waals surface area contributed by atoms with Crippen LogP contribution in [0.5, 0.6) is 0 Å². The fraction of sp³-hybridized carbons (Fsp3) is 0.391. The molecule has 2 aromatic carbocycles. The summed E-state index contributed by atoms with van der Waals surface area (Å²) in [5.41, 5.74) is 7.71. The molecule has 0 aliphatic carbocycles. The van der Waals surface area contributed by atoms with Crippen LogP contribution >= 0.6 is 0 Å². The first-order chi connectivity index (χ1) is 12.1. The SMILES string of the molecule is CCc1cc(C)cc(CC)c1C#N.CCc1cccc(CC)c1C#N. The molecule has 0 fully saturated rings. The van der Waals surface area contributed by atoms with Crippen molar-refractivity contribution < 1.29 is 0 Å². The van der Waals surface area contributed by atoms with Gasteiger partial charge in [0.15, 0.2) is 0 Å². The Kier molecular flexibility index (Phi) is 8.45. The quantitative estimate of drug-likeness (QED) is 0.723. The van der Waals surface area contributed by atoms with Gasteiger partial charge >= 0.3 is 0 Å². The summed E-state index contributed by atoms with van der Waals surface area (Å²) in [4.78, 5) is 0. The van der Waals surface area contributed by atoms with E-state index in [2.05, 4.69) is 58.9 Å². The highest BCUT2D eigenvalue weighted by atomic mass is 14.3. The molecular weight excluding hydrogens is 304 g/mol. The Balaban J connectivity index is 0.000000251. The van der Waals surface area contributed by atoms with E-state index in [0.29, 0.717) is 0 Å². The van der Waals surface area contributed by atoms with E-state index in [1.807, 2.05) is 18.2 Å². The highest BCUT2D eigenvalue weighted by Gasteiger charge is 2.06. The van der Waals surface area contributed by atoms with Crippen molar-refractivity contribution in [2.24, 2.45) is 0 Å². The summed E-state index contributed by atoms with van der Waals surface area (Å²) in [5.74, 6) is 0. The number of rotatable bonds is 4. The third-order valence-corrected chi connectivity index (χ3v) is 4.43. The molecule has 0 heterocycles. The summed E-state index contributed by atoms with van der Waals surface area (Å²) >= 11 is 0. The summed E-state index contributed by atoms with van der Waals surface area (Å²) < 4.78 is 0. The van der Waals surface area contributed by atoms with Gasteiger partial charge in [-0.15, -0.1) is 0 Å². The minimum absolute atomic E-state index is 0.877. The molecule has 2 rings (SSSR count). The number of benzene rings is 2. The molecule has 0 spiro atoms. The highest BCUT2D eigenvalue weighted by molar-refractivity contribution is 5.47. The Morgan fingerprint density at radius 2 is 1.04 bits per heavy atom. The van der Waals surface area contributed by atoms with Gasteiger partial charge in [0.1, 0.15) is 0 Å². The Morgan fingerprint density at radius 1 is 0.680 bits per heavy atom. The molecule has 2 heteroatoms. The van der Waals surface area contributed by atoms with Crippen LogP contribution in [0.3, 0.4) is 0 Å². The van der Waals surface area contributed by atoms with Crippen molar-refractivity contribution in [1.82, 2.24) is 0 Å². The van der Waals surface area contributed by atoms with Gasteiger partial charge in [-0.25, -0.2) is 0 Å². The Labute approximate surface area is 152 Å². The van der Waals surface area contributed by atoms with Gasteiger partial charge in [0.25, 0.3) is 0 Å². The van der Waals surface area contributed by atoms with Crippen LogP contribution in [-0.2, 0) is 25.7 Å². The van der Waals surface area contributed by atoms with E-state index in [4.69, 9.17) is 10.5 Å². The minimum atomic E-state index is 0.877. The summed E-state index contributed by atoms with van der Waals surface area (Å²) in [5, 5.41) is 17.9. The normalized spacial score (nSPS) is 9.56. The van der Waals surface area contributed by atoms with Gasteiger partial charge in [-0.05, 0) is 54.9 Å². The van der Waals surface area contributed by atoms with Crippen molar-refractivity contribution in [1.29, 1.82) is 10.5 Å². The number of hydrogen-bond donors (Lipinski definition) is 0. The monoisotopic (exact) mass is 332 g/mol. The van der Waals surface area contributed by atoms with Gasteiger partial charge in [-0.2, -0.15) is 10.5 Å². The molecule has 0 atom stereocenters. The van der Waals surface area contributed by atoms with Crippen LogP contribution in [-0.4, -0.2) is 0 Å². The predicted octanol–water partition coefficient (Wildman–Crippen LogP) is 5.67. The average Bonchev–Trinajstić information content (AvgIpc) is 2.66. The van der Waals surface area contributed by atoms with Crippen molar-refractivity contribution in [2.45, 2.75) is 60.3 Å². The molecule has 0 aliphatic heterocycles. The molecule has 0 aromatic heterocycles. The first kappa shape index (κ1) is 20.5. The second kappa shape index (κ2) is 10.3. The van der Waals surface area contributed by atoms with Gasteiger partial charge in [-0.1, -0.05) is 63.6 Å². The first-order valence-corrected chi connectivity index (χ1v) is 9.09. The van der Waals surface area contributed by atoms with Gasteiger partial charge in [0, 0.05) is 0 Å². The molecule has 2 nitrogen and oxygen atoms in total. The Bertz CT molecular complexity index is 741. The number of aryl methyl sites for hydroxylation is 5. The Hall–Kier alpha value is -2.58. The van der Waals surface area contributed by atoms with E-state index in [1.165, 1.54) is 16.7 Å². The molecule has 25 heavy (non-hydrogen) atoms. The maximum Gasteiger partial charge on any atom is 0.0997 e. The zero-order valence-electron chi connectivity index (χ0n) is 16.1. The molecule has 130 valence electrons. The second-order valence-electron chi connectivity index (χ2n) is 6.05. The molecule has 0 amide bonds. The maximum absolute atomic E-state index is 9.00. The second-order valence-corrected chi connectivity index (χ2v) is 6.05. The van der Waals surface area contributed by atoms with Crippen LogP contribution in [0, 0.1) is 29.6 Å². The number of nitriles is 2. The fourth-order valence-electron chi connectivity index (χ4n) is 3.03. The van der Waals surface area contributed by atoms with Crippen molar-refractivity contribution in [3.8, 4) is 12.1 Å². The molecular formula is C23H28N2. The van der Waals surface area contributed by atoms with Gasteiger partial charge in [0.05, 0.1) is 23.3 Å². The summed E-state index contributed by atoms with van der Waals surface area (Å²) in [6, 6.07) is 14.9. The van der Waals surface area contributed by atoms with Crippen molar-refractivity contribution in [3.63, 3.8) is 0 Å². The smallest absolute Gasteiger partial charge is 0.0997 e. The fourth-order valence-corrected chi connectivity index (χ4v) is 3.03. The lowest BCUT2D eigenvalue weighted by Crippen LogP contribution is -1.95. The van der Waals surface area contributed by atoms with Crippen molar-refractivity contribution in [2.75, 3.05) is 0 Å². The minimum Gasteiger partial charge on any atom is -0.192 e. The standard InChI is InChI=1S/C12H15N.C11H13N/c1-4-10-6-9(3)7-11(5-2)12(10)8-13;1-3-9-6-5-7-10(4-2)11(9)8-12/h6-7H,4-5H2,1-3H3;5-7H,3-4H2,1-2H3. The average molecular weight is 332 g/mol. The van der Waals surface area contributed by atoms with E-state index in [1.54, 1.807) is 0 Å². The van der Waals surface area contributed by atoms with E-state index in [-0.39, 0.29) is 0 Å². The van der Waals surface area contributed by atoms with E-state index < -0.39 is 0 Å². The number of hydrogen-bond acceptors (Lipinski definition) is 2. The summed E-state index contributed by atoms with van der Waals surface area (Å²) in [6.45, 7) is 10.4. The molecule has 0 aliphatic rings. The van der Waals surface area contributed by atoms with Crippen molar-refractivity contribution in [3.05, 3.63) is 69.3 Å². The molecule has 0 N–H and O–H groups in total. The summed E-state index contributed by atoms with van der Waals surface area (Å²) in [7, 11) is 0. The highest BCUT2D eigenvalue weighted by Crippen LogP contribution is 2.18. The molecule has 0 bridgehead atoms. The van der Waals surface area contributed by atoms with Crippen LogP contribution in [0.4, 0.5) is 0 Å². The van der Waals surface area contributed by atoms with Crippen LogP contribution in [0.15, 0.2) is 30.3 Å². The third-order valence-electron chi connectivity index (χ3n) is 4.43. The number of nitrogens with zero attached hydrogens (tertiary/aromatic N) is 2. The lowest BCUT2D eigenvalue weighted by atomic mass is 9.96. The van der Waals surface area contributed by atoms with E-state index in [9.17, 15) is 0 Å². The molecule has 2 aromatic rings. The largest absolute Gasteiger partial charge is 0.192 e. The Morgan fingerprint density at radius 3 is 1.36 bits per heavy atom. The molecule has 0 saturated heterocycles. The topological polar surface area (TPSA) is 47.6 Å². The lowest BCUT2D eigenvalue weighted by molar-refractivity contribution is 1.06. The van der Waals surface area contributed by atoms with Gasteiger partial charge in [-0.3, -0.25) is 0 Å². The maximum atomic E-state index is 9.00. The van der Waals surface area contributed by atoms with Crippen LogP contribution < -0.4 is 0 Å². The zero-order chi connectivity index (χ0) is 18.8. The summed E-state index contributed by atoms with van der Waals surface area (Å²) in [6.07, 6.45) is 3.77. The molecule has 0 saturated carbocycles. The zero-order valence-corrected chi connectivity index (χ0v) is 16.1. The van der Waals surface area contributed by atoms with Crippen LogP contribution in [0.25, 0.3) is 0 Å². The predicted molar refractivity (Wildman–Crippen MR) is 105 cm³/mol. The van der Waals surface area contributed by atoms with Crippen LogP contribution in [0.1, 0.15) is 66.6 Å². The van der Waals surface area contributed by atoms with E-state index in [0.717, 1.165) is 47.9 Å². The third kappa shape index (κ3) is 5.20. The van der Waals surface area contributed by atoms with Crippen molar-refractivity contribution >= 4 is 0 Å². The van der Waals surface area contributed by atoms with Gasteiger partial charge < -0.3 is 0 Å². The van der Waals surface area contributed by atoms with E-state index >= 15 is 0 Å². The van der Waals surface area contributed by atoms with Gasteiger partial charge in [0.2, 0.25) is 0 Å². The lowest BCUT2D eigenvalue weighted by Gasteiger charge is -2.07. The molecule has 0 unspecified atom stereocenters. The first-order valence-electron chi connectivity index (χ1n) is 9.09. The van der Waals surface area contributed by atoms with Crippen LogP contribution in [0.2, 0.25) is 0 Å². The molecule has 0 radical (unpaired) electrons.